The molecule has 0 spiro atoms. The largest absolute Gasteiger partial charge is 0.529 e. The van der Waals surface area contributed by atoms with Crippen LogP contribution in [-0.2, 0) is 14.4 Å². The monoisotopic (exact) mass is 302 g/mol. The highest BCUT2D eigenvalue weighted by atomic mass is 35.5. The molecule has 0 saturated carbocycles. The maximum Gasteiger partial charge on any atom is 0.529 e. The van der Waals surface area contributed by atoms with Gasteiger partial charge in [0.2, 0.25) is 0 Å². The van der Waals surface area contributed by atoms with E-state index < -0.39 is 24.1 Å². The molecular weight excluding hydrogens is 302 g/mol. The summed E-state index contributed by atoms with van der Waals surface area (Å²) in [6.45, 7) is 0. The molecule has 1 unspecified atom stereocenters. The van der Waals surface area contributed by atoms with Crippen LogP contribution in [0.4, 0.5) is 39.6 Å². The molecule has 0 aromatic carbocycles. The lowest BCUT2D eigenvalue weighted by Crippen LogP contribution is -2.49. The van der Waals surface area contributed by atoms with Crippen molar-refractivity contribution in [3.05, 3.63) is 0 Å². The third kappa shape index (κ3) is 5.14. The van der Waals surface area contributed by atoms with Crippen LogP contribution in [0, 0.1) is 0 Å². The van der Waals surface area contributed by atoms with Crippen LogP contribution in [0.5, 0.6) is 0 Å². The summed E-state index contributed by atoms with van der Waals surface area (Å²) in [6, 6.07) is 0. The Morgan fingerprint density at radius 1 is 0.765 bits per heavy atom. The van der Waals surface area contributed by atoms with Gasteiger partial charge in [-0.25, -0.2) is 9.47 Å². The van der Waals surface area contributed by atoms with Crippen LogP contribution in [0.1, 0.15) is 0 Å². The maximum atomic E-state index is 12.1. The van der Waals surface area contributed by atoms with E-state index in [1.165, 1.54) is 0 Å². The molecule has 0 aliphatic heterocycles. The number of halogens is 10. The topological polar surface area (TPSA) is 27.7 Å². The summed E-state index contributed by atoms with van der Waals surface area (Å²) in [7, 11) is 0. The Balaban J connectivity index is 4.91. The first-order valence-corrected chi connectivity index (χ1v) is 3.50. The van der Waals surface area contributed by atoms with Crippen LogP contribution in [0.2, 0.25) is 0 Å². The second-order valence-corrected chi connectivity index (χ2v) is 2.72. The maximum absolute atomic E-state index is 12.1. The summed E-state index contributed by atoms with van der Waals surface area (Å²) < 4.78 is 109. The Morgan fingerprint density at radius 3 is 1.41 bits per heavy atom. The quantitative estimate of drug-likeness (QED) is 0.452. The zero-order chi connectivity index (χ0) is 14.1. The first kappa shape index (κ1) is 16.5. The van der Waals surface area contributed by atoms with Gasteiger partial charge in [-0.1, -0.05) is 0 Å². The van der Waals surface area contributed by atoms with Crippen molar-refractivity contribution in [2.45, 2.75) is 24.1 Å². The lowest BCUT2D eigenvalue weighted by Gasteiger charge is -2.28. The van der Waals surface area contributed by atoms with Crippen molar-refractivity contribution in [3.63, 3.8) is 0 Å². The average Bonchev–Trinajstić information content (AvgIpc) is 1.95. The molecule has 0 rings (SSSR count). The molecular formula is C4ClF9O3. The number of alkyl halides is 9. The van der Waals surface area contributed by atoms with Gasteiger partial charge in [-0.2, -0.15) is 13.2 Å². The summed E-state index contributed by atoms with van der Waals surface area (Å²) in [5.41, 5.74) is 0. The Kier molecular flexibility index (Phi) is 4.54. The molecule has 0 bridgehead atoms. The van der Waals surface area contributed by atoms with Gasteiger partial charge in [0.1, 0.15) is 0 Å². The van der Waals surface area contributed by atoms with E-state index in [0.717, 1.165) is 0 Å². The molecule has 0 amide bonds. The van der Waals surface area contributed by atoms with Gasteiger partial charge in [-0.15, -0.1) is 26.9 Å². The fourth-order valence-corrected chi connectivity index (χ4v) is 0.516. The molecule has 0 aliphatic carbocycles. The molecule has 0 N–H and O–H groups in total. The number of hydrogen-bond donors (Lipinski definition) is 0. The highest BCUT2D eigenvalue weighted by Crippen LogP contribution is 2.43. The molecule has 3 nitrogen and oxygen atoms in total. The minimum atomic E-state index is -6.10. The molecule has 13 heteroatoms. The van der Waals surface area contributed by atoms with Gasteiger partial charge < -0.3 is 0 Å². The lowest BCUT2D eigenvalue weighted by atomic mass is 10.6. The lowest BCUT2D eigenvalue weighted by molar-refractivity contribution is -0.551. The van der Waals surface area contributed by atoms with E-state index >= 15 is 0 Å². The van der Waals surface area contributed by atoms with Crippen molar-refractivity contribution < 1.29 is 54.1 Å². The van der Waals surface area contributed by atoms with Crippen LogP contribution in [-0.4, -0.2) is 24.1 Å². The summed E-state index contributed by atoms with van der Waals surface area (Å²) in [4.78, 5) is 1.84. The smallest absolute Gasteiger partial charge is 0.238 e. The van der Waals surface area contributed by atoms with Crippen molar-refractivity contribution in [1.29, 1.82) is 0 Å². The highest BCUT2D eigenvalue weighted by molar-refractivity contribution is 6.22. The highest BCUT2D eigenvalue weighted by Gasteiger charge is 2.65. The standard InChI is InChI=1S/C4ClF9O3/c5-1(17-14,2(6,7)8)15-4(12,13)16-3(9,10)11. The zero-order valence-electron chi connectivity index (χ0n) is 7.00. The summed E-state index contributed by atoms with van der Waals surface area (Å²) in [5, 5.41) is -5.14. The number of hydrogen-bond acceptors (Lipinski definition) is 3. The number of ether oxygens (including phenoxy) is 2. The van der Waals surface area contributed by atoms with Crippen molar-refractivity contribution in [1.82, 2.24) is 0 Å². The minimum Gasteiger partial charge on any atom is -0.238 e. The third-order valence-corrected chi connectivity index (χ3v) is 1.27. The van der Waals surface area contributed by atoms with Crippen molar-refractivity contribution >= 4 is 11.6 Å². The second kappa shape index (κ2) is 4.66. The fraction of sp³-hybridized carbons (Fsp3) is 1.00. The van der Waals surface area contributed by atoms with E-state index in [2.05, 4.69) is 16.3 Å². The second-order valence-electron chi connectivity index (χ2n) is 2.22. The predicted molar refractivity (Wildman–Crippen MR) is 30.0 cm³/mol. The summed E-state index contributed by atoms with van der Waals surface area (Å²) >= 11 is 4.04. The van der Waals surface area contributed by atoms with E-state index in [-0.39, 0.29) is 0 Å². The Hall–Kier alpha value is -0.460. The van der Waals surface area contributed by atoms with Gasteiger partial charge in [-0.05, 0) is 16.1 Å². The fourth-order valence-electron chi connectivity index (χ4n) is 0.426. The first-order valence-electron chi connectivity index (χ1n) is 3.13. The van der Waals surface area contributed by atoms with Crippen LogP contribution in [0.15, 0.2) is 0 Å². The van der Waals surface area contributed by atoms with E-state index in [4.69, 9.17) is 0 Å². The van der Waals surface area contributed by atoms with Crippen LogP contribution >= 0.6 is 11.6 Å². The van der Waals surface area contributed by atoms with Gasteiger partial charge >= 0.3 is 24.1 Å². The molecule has 0 fully saturated rings. The van der Waals surface area contributed by atoms with E-state index in [0.29, 0.717) is 0 Å². The first-order chi connectivity index (χ1) is 7.22. The van der Waals surface area contributed by atoms with Crippen LogP contribution < -0.4 is 0 Å². The summed E-state index contributed by atoms with van der Waals surface area (Å²) in [6.07, 6.45) is -18.1. The van der Waals surface area contributed by atoms with E-state index in [9.17, 15) is 39.6 Å². The van der Waals surface area contributed by atoms with Gasteiger partial charge in [0.05, 0.1) is 0 Å². The minimum absolute atomic E-state index is 1.83. The Bertz CT molecular complexity index is 262. The predicted octanol–water partition coefficient (Wildman–Crippen LogP) is 3.45. The van der Waals surface area contributed by atoms with Crippen molar-refractivity contribution in [2.24, 2.45) is 0 Å². The van der Waals surface area contributed by atoms with Gasteiger partial charge in [0.25, 0.3) is 0 Å². The van der Waals surface area contributed by atoms with Crippen LogP contribution in [0.3, 0.4) is 0 Å². The molecule has 0 aliphatic rings. The molecule has 0 heterocycles. The average molecular weight is 302 g/mol. The molecule has 0 aromatic heterocycles. The van der Waals surface area contributed by atoms with E-state index in [1.54, 1.807) is 0 Å². The van der Waals surface area contributed by atoms with Gasteiger partial charge in [0, 0.05) is 0 Å². The summed E-state index contributed by atoms with van der Waals surface area (Å²) in [5.74, 6) is 0. The van der Waals surface area contributed by atoms with Crippen LogP contribution in [0.25, 0.3) is 0 Å². The normalized spacial score (nSPS) is 18.0. The molecule has 0 saturated heterocycles. The van der Waals surface area contributed by atoms with Gasteiger partial charge in [0.15, 0.2) is 0 Å². The molecule has 0 radical (unpaired) electrons. The Morgan fingerprint density at radius 2 is 1.18 bits per heavy atom. The number of rotatable bonds is 4. The third-order valence-electron chi connectivity index (χ3n) is 0.922. The zero-order valence-corrected chi connectivity index (χ0v) is 7.76. The molecule has 0 aromatic rings. The van der Waals surface area contributed by atoms with Crippen molar-refractivity contribution in [2.75, 3.05) is 0 Å². The molecule has 17 heavy (non-hydrogen) atoms. The molecule has 104 valence electrons. The Labute approximate surface area is 90.9 Å². The SMILES string of the molecule is FOC(Cl)(OC(F)(F)OC(F)(F)F)C(F)(F)F. The van der Waals surface area contributed by atoms with Crippen molar-refractivity contribution in [3.8, 4) is 0 Å². The van der Waals surface area contributed by atoms with Gasteiger partial charge in [-0.3, -0.25) is 0 Å². The van der Waals surface area contributed by atoms with E-state index in [1.807, 2.05) is 9.68 Å². The molecule has 1 atom stereocenters.